The van der Waals surface area contributed by atoms with E-state index in [1.54, 1.807) is 0 Å². The molecule has 0 rings (SSSR count). The van der Waals surface area contributed by atoms with Crippen molar-refractivity contribution in [3.8, 4) is 0 Å². The molecule has 0 aliphatic rings. The van der Waals surface area contributed by atoms with Crippen LogP contribution in [0.25, 0.3) is 0 Å². The second kappa shape index (κ2) is 8.53. The highest BCUT2D eigenvalue weighted by atomic mass is 35.5. The van der Waals surface area contributed by atoms with E-state index in [4.69, 9.17) is 11.6 Å². The minimum absolute atomic E-state index is 0.407. The molecule has 18 heavy (non-hydrogen) atoms. The zero-order chi connectivity index (χ0) is 14.2. The van der Waals surface area contributed by atoms with Crippen molar-refractivity contribution in [1.29, 1.82) is 0 Å². The van der Waals surface area contributed by atoms with Gasteiger partial charge in [0.05, 0.1) is 0 Å². The fraction of sp³-hybridized carbons (Fsp3) is 0.688. The van der Waals surface area contributed by atoms with Crippen molar-refractivity contribution in [3.63, 3.8) is 0 Å². The maximum Gasteiger partial charge on any atom is 0.245 e. The molecule has 0 saturated heterocycles. The summed E-state index contributed by atoms with van der Waals surface area (Å²) in [6.07, 6.45) is 10.4. The Balaban J connectivity index is 3.87. The SMILES string of the molecule is CC(C=CCC(C)CCCC(C)(C)C)=CC(=O)Cl. The molecular formula is C16H27ClO. The smallest absolute Gasteiger partial charge is 0.245 e. The van der Waals surface area contributed by atoms with Gasteiger partial charge in [0.25, 0.3) is 0 Å². The molecule has 0 N–H and O–H groups in total. The fourth-order valence-electron chi connectivity index (χ4n) is 1.81. The molecule has 0 heterocycles. The standard InChI is InChI=1S/C16H27ClO/c1-13(10-7-11-16(3,4)5)8-6-9-14(2)12-15(17)18/h6,9,12-13H,7-8,10-11H2,1-5H3. The third-order valence-electron chi connectivity index (χ3n) is 2.88. The van der Waals surface area contributed by atoms with Crippen LogP contribution in [-0.2, 0) is 4.79 Å². The summed E-state index contributed by atoms with van der Waals surface area (Å²) in [5.41, 5.74) is 1.35. The maximum atomic E-state index is 10.6. The minimum atomic E-state index is -0.407. The number of carbonyl (C=O) groups excluding carboxylic acids is 1. The molecule has 0 aromatic carbocycles. The summed E-state index contributed by atoms with van der Waals surface area (Å²) in [6, 6.07) is 0. The van der Waals surface area contributed by atoms with Crippen LogP contribution in [0, 0.1) is 11.3 Å². The van der Waals surface area contributed by atoms with Gasteiger partial charge >= 0.3 is 0 Å². The van der Waals surface area contributed by atoms with E-state index in [-0.39, 0.29) is 0 Å². The predicted molar refractivity (Wildman–Crippen MR) is 80.8 cm³/mol. The van der Waals surface area contributed by atoms with Gasteiger partial charge in [0.2, 0.25) is 5.24 Å². The highest BCUT2D eigenvalue weighted by molar-refractivity contribution is 6.66. The summed E-state index contributed by atoms with van der Waals surface area (Å²) in [5, 5.41) is -0.407. The Kier molecular flexibility index (Phi) is 8.26. The minimum Gasteiger partial charge on any atom is -0.276 e. The first kappa shape index (κ1) is 17.4. The Morgan fingerprint density at radius 3 is 2.44 bits per heavy atom. The summed E-state index contributed by atoms with van der Waals surface area (Å²) in [6.45, 7) is 11.0. The van der Waals surface area contributed by atoms with Crippen molar-refractivity contribution in [2.75, 3.05) is 0 Å². The highest BCUT2D eigenvalue weighted by Gasteiger charge is 2.10. The molecule has 104 valence electrons. The largest absolute Gasteiger partial charge is 0.276 e. The zero-order valence-electron chi connectivity index (χ0n) is 12.4. The Labute approximate surface area is 117 Å². The predicted octanol–water partition coefficient (Wildman–Crippen LogP) is 5.50. The monoisotopic (exact) mass is 270 g/mol. The highest BCUT2D eigenvalue weighted by Crippen LogP contribution is 2.24. The average molecular weight is 271 g/mol. The van der Waals surface area contributed by atoms with Gasteiger partial charge in [-0.25, -0.2) is 0 Å². The van der Waals surface area contributed by atoms with E-state index < -0.39 is 5.24 Å². The molecule has 0 aromatic heterocycles. The molecule has 0 aliphatic heterocycles. The molecule has 0 saturated carbocycles. The molecule has 0 aromatic rings. The van der Waals surface area contributed by atoms with Crippen LogP contribution in [0.4, 0.5) is 0 Å². The molecule has 0 bridgehead atoms. The number of carbonyl (C=O) groups is 1. The number of allylic oxidation sites excluding steroid dienone is 4. The van der Waals surface area contributed by atoms with E-state index in [0.717, 1.165) is 12.0 Å². The molecular weight excluding hydrogens is 244 g/mol. The molecule has 1 atom stereocenters. The first-order chi connectivity index (χ1) is 8.20. The van der Waals surface area contributed by atoms with Crippen LogP contribution < -0.4 is 0 Å². The van der Waals surface area contributed by atoms with Crippen molar-refractivity contribution in [2.45, 2.75) is 60.3 Å². The molecule has 1 nitrogen and oxygen atoms in total. The quantitative estimate of drug-likeness (QED) is 0.339. The van der Waals surface area contributed by atoms with Crippen LogP contribution in [0.15, 0.2) is 23.8 Å². The number of halogens is 1. The lowest BCUT2D eigenvalue weighted by Crippen LogP contribution is -2.05. The summed E-state index contributed by atoms with van der Waals surface area (Å²) in [4.78, 5) is 10.6. The molecule has 0 spiro atoms. The maximum absolute atomic E-state index is 10.6. The molecule has 0 fully saturated rings. The van der Waals surface area contributed by atoms with Crippen LogP contribution in [0.1, 0.15) is 60.3 Å². The summed E-state index contributed by atoms with van der Waals surface area (Å²) < 4.78 is 0. The number of hydrogen-bond donors (Lipinski definition) is 0. The number of rotatable bonds is 7. The number of hydrogen-bond acceptors (Lipinski definition) is 1. The Morgan fingerprint density at radius 1 is 1.33 bits per heavy atom. The fourth-order valence-corrected chi connectivity index (χ4v) is 1.98. The van der Waals surface area contributed by atoms with Crippen LogP contribution in [0.5, 0.6) is 0 Å². The van der Waals surface area contributed by atoms with Crippen LogP contribution >= 0.6 is 11.6 Å². The lowest BCUT2D eigenvalue weighted by molar-refractivity contribution is -0.107. The first-order valence-electron chi connectivity index (χ1n) is 6.75. The van der Waals surface area contributed by atoms with Crippen LogP contribution in [0.3, 0.4) is 0 Å². The Morgan fingerprint density at radius 2 is 1.94 bits per heavy atom. The van der Waals surface area contributed by atoms with E-state index in [1.165, 1.54) is 25.3 Å². The Hall–Kier alpha value is -0.560. The molecule has 0 aliphatic carbocycles. The normalized spacial score (nSPS) is 15.1. The van der Waals surface area contributed by atoms with Crippen molar-refractivity contribution < 1.29 is 4.79 Å². The third-order valence-corrected chi connectivity index (χ3v) is 2.99. The van der Waals surface area contributed by atoms with Gasteiger partial charge in [0.1, 0.15) is 0 Å². The summed E-state index contributed by atoms with van der Waals surface area (Å²) in [7, 11) is 0. The summed E-state index contributed by atoms with van der Waals surface area (Å²) in [5.74, 6) is 0.697. The van der Waals surface area contributed by atoms with E-state index in [2.05, 4.69) is 33.8 Å². The van der Waals surface area contributed by atoms with Crippen LogP contribution in [0.2, 0.25) is 0 Å². The van der Waals surface area contributed by atoms with Crippen molar-refractivity contribution >= 4 is 16.8 Å². The van der Waals surface area contributed by atoms with E-state index in [0.29, 0.717) is 11.3 Å². The van der Waals surface area contributed by atoms with Gasteiger partial charge in [-0.3, -0.25) is 4.79 Å². The van der Waals surface area contributed by atoms with Crippen molar-refractivity contribution in [2.24, 2.45) is 11.3 Å². The molecule has 1 unspecified atom stereocenters. The molecule has 2 heteroatoms. The zero-order valence-corrected chi connectivity index (χ0v) is 13.2. The van der Waals surface area contributed by atoms with Gasteiger partial charge in [-0.05, 0) is 48.3 Å². The van der Waals surface area contributed by atoms with E-state index >= 15 is 0 Å². The first-order valence-corrected chi connectivity index (χ1v) is 7.13. The third kappa shape index (κ3) is 11.9. The van der Waals surface area contributed by atoms with Gasteiger partial charge in [0.15, 0.2) is 0 Å². The van der Waals surface area contributed by atoms with Gasteiger partial charge in [-0.1, -0.05) is 52.7 Å². The average Bonchev–Trinajstić information content (AvgIpc) is 2.13. The van der Waals surface area contributed by atoms with E-state index in [9.17, 15) is 4.79 Å². The summed E-state index contributed by atoms with van der Waals surface area (Å²) >= 11 is 5.28. The second-order valence-corrected chi connectivity index (χ2v) is 6.76. The van der Waals surface area contributed by atoms with E-state index in [1.807, 2.05) is 13.0 Å². The van der Waals surface area contributed by atoms with Crippen LogP contribution in [-0.4, -0.2) is 5.24 Å². The van der Waals surface area contributed by atoms with Gasteiger partial charge in [-0.15, -0.1) is 0 Å². The Bertz CT molecular complexity index is 308. The topological polar surface area (TPSA) is 17.1 Å². The van der Waals surface area contributed by atoms with Gasteiger partial charge in [0, 0.05) is 6.08 Å². The second-order valence-electron chi connectivity index (χ2n) is 6.39. The van der Waals surface area contributed by atoms with Gasteiger partial charge in [-0.2, -0.15) is 0 Å². The molecule has 0 radical (unpaired) electrons. The molecule has 0 amide bonds. The lowest BCUT2D eigenvalue weighted by Gasteiger charge is -2.18. The van der Waals surface area contributed by atoms with Crippen molar-refractivity contribution in [1.82, 2.24) is 0 Å². The van der Waals surface area contributed by atoms with Crippen molar-refractivity contribution in [3.05, 3.63) is 23.8 Å². The lowest BCUT2D eigenvalue weighted by atomic mass is 9.87. The van der Waals surface area contributed by atoms with Gasteiger partial charge < -0.3 is 0 Å².